The Labute approximate surface area is 118 Å². The van der Waals surface area contributed by atoms with Gasteiger partial charge in [-0.1, -0.05) is 24.3 Å². The Morgan fingerprint density at radius 2 is 1.10 bits per heavy atom. The first-order valence-corrected chi connectivity index (χ1v) is 6.67. The molecule has 1 aromatic rings. The minimum absolute atomic E-state index is 0.0115. The van der Waals surface area contributed by atoms with E-state index in [1.807, 2.05) is 0 Å². The van der Waals surface area contributed by atoms with Crippen LogP contribution in [0.15, 0.2) is 35.8 Å². The van der Waals surface area contributed by atoms with Crippen molar-refractivity contribution in [1.82, 2.24) is 0 Å². The second kappa shape index (κ2) is 5.49. The zero-order valence-corrected chi connectivity index (χ0v) is 12.1. The van der Waals surface area contributed by atoms with Crippen molar-refractivity contribution in [2.45, 2.75) is 39.9 Å². The Kier molecular flexibility index (Phi) is 3.93. The van der Waals surface area contributed by atoms with Crippen LogP contribution in [-0.2, 0) is 9.47 Å². The third kappa shape index (κ3) is 2.59. The molecule has 1 aliphatic carbocycles. The highest BCUT2D eigenvalue weighted by atomic mass is 16.5. The van der Waals surface area contributed by atoms with Gasteiger partial charge in [-0.05, 0) is 27.7 Å². The van der Waals surface area contributed by atoms with Crippen molar-refractivity contribution < 1.29 is 19.1 Å². The van der Waals surface area contributed by atoms with Crippen LogP contribution in [0, 0.1) is 0 Å². The Morgan fingerprint density at radius 1 is 0.750 bits per heavy atom. The molecule has 4 heteroatoms. The predicted octanol–water partition coefficient (Wildman–Crippen LogP) is 3.13. The van der Waals surface area contributed by atoms with Gasteiger partial charge in [0.1, 0.15) is 0 Å². The lowest BCUT2D eigenvalue weighted by molar-refractivity contribution is 0.0594. The molecule has 0 radical (unpaired) electrons. The average Bonchev–Trinajstić information content (AvgIpc) is 2.39. The van der Waals surface area contributed by atoms with Crippen molar-refractivity contribution in [3.8, 4) is 0 Å². The van der Waals surface area contributed by atoms with Crippen LogP contribution in [0.2, 0.25) is 0 Å². The van der Waals surface area contributed by atoms with Gasteiger partial charge in [-0.3, -0.25) is 9.59 Å². The molecule has 0 atom stereocenters. The summed E-state index contributed by atoms with van der Waals surface area (Å²) in [6.45, 7) is 7.22. The van der Waals surface area contributed by atoms with Crippen LogP contribution in [0.3, 0.4) is 0 Å². The molecule has 0 aromatic heterocycles. The lowest BCUT2D eigenvalue weighted by Crippen LogP contribution is -2.27. The summed E-state index contributed by atoms with van der Waals surface area (Å²) in [7, 11) is 0. The van der Waals surface area contributed by atoms with Gasteiger partial charge in [-0.2, -0.15) is 0 Å². The zero-order chi connectivity index (χ0) is 14.9. The Hall–Kier alpha value is -2.10. The van der Waals surface area contributed by atoms with E-state index in [9.17, 15) is 9.59 Å². The maximum Gasteiger partial charge on any atom is 0.232 e. The minimum atomic E-state index is -0.301. The molecule has 106 valence electrons. The fraction of sp³-hybridized carbons (Fsp3) is 0.375. The summed E-state index contributed by atoms with van der Waals surface area (Å²) in [6, 6.07) is 6.72. The molecule has 0 N–H and O–H groups in total. The van der Waals surface area contributed by atoms with Crippen molar-refractivity contribution in [3.63, 3.8) is 0 Å². The Balaban J connectivity index is 2.55. The molecule has 20 heavy (non-hydrogen) atoms. The molecule has 0 saturated carbocycles. The van der Waals surface area contributed by atoms with Gasteiger partial charge >= 0.3 is 0 Å². The summed E-state index contributed by atoms with van der Waals surface area (Å²) in [4.78, 5) is 24.9. The largest absolute Gasteiger partial charge is 0.483 e. The zero-order valence-electron chi connectivity index (χ0n) is 12.1. The van der Waals surface area contributed by atoms with Crippen LogP contribution in [0.5, 0.6) is 0 Å². The van der Waals surface area contributed by atoms with Crippen LogP contribution >= 0.6 is 0 Å². The van der Waals surface area contributed by atoms with Crippen LogP contribution < -0.4 is 0 Å². The van der Waals surface area contributed by atoms with E-state index < -0.39 is 0 Å². The monoisotopic (exact) mass is 274 g/mol. The minimum Gasteiger partial charge on any atom is -0.483 e. The van der Waals surface area contributed by atoms with Crippen molar-refractivity contribution in [2.75, 3.05) is 0 Å². The molecule has 0 heterocycles. The summed E-state index contributed by atoms with van der Waals surface area (Å²) in [6.07, 6.45) is -0.421. The highest BCUT2D eigenvalue weighted by molar-refractivity contribution is 6.25. The van der Waals surface area contributed by atoms with Gasteiger partial charge in [-0.25, -0.2) is 0 Å². The molecule has 0 amide bonds. The summed E-state index contributed by atoms with van der Waals surface area (Å²) in [5.41, 5.74) is 0.730. The van der Waals surface area contributed by atoms with Gasteiger partial charge in [0.25, 0.3) is 0 Å². The number of hydrogen-bond donors (Lipinski definition) is 0. The van der Waals surface area contributed by atoms with E-state index in [1.54, 1.807) is 52.0 Å². The average molecular weight is 274 g/mol. The standard InChI is InChI=1S/C16H18O4/c1-9(2)19-15-13(17)11-7-5-6-8-12(11)14(18)16(15)20-10(3)4/h5-10H,1-4H3. The molecule has 0 unspecified atom stereocenters. The number of hydrogen-bond acceptors (Lipinski definition) is 4. The van der Waals surface area contributed by atoms with Crippen LogP contribution in [0.25, 0.3) is 0 Å². The summed E-state index contributed by atoms with van der Waals surface area (Å²) in [5.74, 6) is -0.580. The molecule has 0 saturated heterocycles. The molecular formula is C16H18O4. The third-order valence-electron chi connectivity index (χ3n) is 2.74. The summed E-state index contributed by atoms with van der Waals surface area (Å²) >= 11 is 0. The summed E-state index contributed by atoms with van der Waals surface area (Å²) < 4.78 is 11.1. The molecule has 1 aliphatic rings. The van der Waals surface area contributed by atoms with Gasteiger partial charge in [0.15, 0.2) is 0 Å². The quantitative estimate of drug-likeness (QED) is 0.846. The molecule has 0 bridgehead atoms. The number of carbonyl (C=O) groups excluding carboxylic acids is 2. The lowest BCUT2D eigenvalue weighted by Gasteiger charge is -2.23. The van der Waals surface area contributed by atoms with E-state index in [0.717, 1.165) is 0 Å². The van der Waals surface area contributed by atoms with E-state index in [2.05, 4.69) is 0 Å². The molecule has 1 aromatic carbocycles. The number of fused-ring (bicyclic) bond motifs is 1. The normalized spacial score (nSPS) is 14.9. The number of carbonyl (C=O) groups is 2. The lowest BCUT2D eigenvalue weighted by atomic mass is 9.92. The second-order valence-electron chi connectivity index (χ2n) is 5.20. The second-order valence-corrected chi connectivity index (χ2v) is 5.20. The van der Waals surface area contributed by atoms with Crippen LogP contribution in [-0.4, -0.2) is 23.8 Å². The highest BCUT2D eigenvalue weighted by Crippen LogP contribution is 2.29. The van der Waals surface area contributed by atoms with E-state index in [1.165, 1.54) is 0 Å². The van der Waals surface area contributed by atoms with Gasteiger partial charge in [0.2, 0.25) is 23.1 Å². The van der Waals surface area contributed by atoms with Crippen molar-refractivity contribution in [3.05, 3.63) is 46.9 Å². The SMILES string of the molecule is CC(C)OC1=C(OC(C)C)C(=O)c2ccccc2C1=O. The van der Waals surface area contributed by atoms with Crippen molar-refractivity contribution in [2.24, 2.45) is 0 Å². The van der Waals surface area contributed by atoms with E-state index in [-0.39, 0.29) is 35.3 Å². The number of allylic oxidation sites excluding steroid dienone is 2. The van der Waals surface area contributed by atoms with E-state index in [4.69, 9.17) is 9.47 Å². The van der Waals surface area contributed by atoms with E-state index in [0.29, 0.717) is 11.1 Å². The first-order chi connectivity index (χ1) is 9.41. The fourth-order valence-corrected chi connectivity index (χ4v) is 2.02. The van der Waals surface area contributed by atoms with Gasteiger partial charge in [-0.15, -0.1) is 0 Å². The third-order valence-corrected chi connectivity index (χ3v) is 2.74. The topological polar surface area (TPSA) is 52.6 Å². The Morgan fingerprint density at radius 3 is 1.40 bits per heavy atom. The predicted molar refractivity (Wildman–Crippen MR) is 74.6 cm³/mol. The van der Waals surface area contributed by atoms with Gasteiger partial charge < -0.3 is 9.47 Å². The number of ether oxygens (including phenoxy) is 2. The number of rotatable bonds is 4. The Bertz CT molecular complexity index is 531. The van der Waals surface area contributed by atoms with Crippen molar-refractivity contribution >= 4 is 11.6 Å². The number of benzene rings is 1. The molecule has 0 fully saturated rings. The van der Waals surface area contributed by atoms with Crippen LogP contribution in [0.4, 0.5) is 0 Å². The molecule has 0 spiro atoms. The fourth-order valence-electron chi connectivity index (χ4n) is 2.02. The molecule has 2 rings (SSSR count). The maximum atomic E-state index is 12.5. The molecule has 0 aliphatic heterocycles. The first kappa shape index (κ1) is 14.3. The summed E-state index contributed by atoms with van der Waals surface area (Å²) in [5, 5.41) is 0. The van der Waals surface area contributed by atoms with Gasteiger partial charge in [0.05, 0.1) is 12.2 Å². The number of Topliss-reactive ketones (excluding diaryl/α,β-unsaturated/α-hetero) is 2. The maximum absolute atomic E-state index is 12.5. The van der Waals surface area contributed by atoms with Crippen molar-refractivity contribution in [1.29, 1.82) is 0 Å². The molecular weight excluding hydrogens is 256 g/mol. The van der Waals surface area contributed by atoms with E-state index >= 15 is 0 Å². The highest BCUT2D eigenvalue weighted by Gasteiger charge is 2.35. The van der Waals surface area contributed by atoms with Crippen LogP contribution in [0.1, 0.15) is 48.4 Å². The smallest absolute Gasteiger partial charge is 0.232 e. The first-order valence-electron chi connectivity index (χ1n) is 6.67. The van der Waals surface area contributed by atoms with Gasteiger partial charge in [0, 0.05) is 11.1 Å². The number of ketones is 2. The molecule has 4 nitrogen and oxygen atoms in total.